The molecule has 0 saturated heterocycles. The molecule has 0 spiro atoms. The van der Waals surface area contributed by atoms with Crippen LogP contribution in [0.3, 0.4) is 0 Å². The van der Waals surface area contributed by atoms with Crippen molar-refractivity contribution in [2.24, 2.45) is 5.92 Å². The average molecular weight is 390 g/mol. The zero-order valence-corrected chi connectivity index (χ0v) is 16.1. The number of allylic oxidation sites excluding steroid dienone is 1. The number of fused-ring (bicyclic) bond motifs is 1. The molecule has 4 atom stereocenters. The molecule has 0 amide bonds. The first-order valence-electron chi connectivity index (χ1n) is 9.45. The Bertz CT molecular complexity index is 938. The summed E-state index contributed by atoms with van der Waals surface area (Å²) in [6.07, 6.45) is 5.08. The van der Waals surface area contributed by atoms with E-state index in [1.807, 2.05) is 23.7 Å². The number of pyridine rings is 1. The van der Waals surface area contributed by atoms with Gasteiger partial charge in [-0.3, -0.25) is 4.68 Å². The molecule has 6 nitrogen and oxygen atoms in total. The Morgan fingerprint density at radius 2 is 2.18 bits per heavy atom. The van der Waals surface area contributed by atoms with Gasteiger partial charge in [0.25, 0.3) is 0 Å². The average Bonchev–Trinajstić information content (AvgIpc) is 2.96. The molecular weight excluding hydrogens is 366 g/mol. The Hall–Kier alpha value is -2.48. The molecule has 2 aromatic heterocycles. The molecule has 0 bridgehead atoms. The largest absolute Gasteiger partial charge is 0.431 e. The first kappa shape index (κ1) is 18.9. The van der Waals surface area contributed by atoms with Crippen LogP contribution in [0.5, 0.6) is 5.75 Å². The summed E-state index contributed by atoms with van der Waals surface area (Å²) in [6.45, 7) is 3.03. The molecule has 0 radical (unpaired) electrons. The van der Waals surface area contributed by atoms with Gasteiger partial charge in [0.15, 0.2) is 11.6 Å². The van der Waals surface area contributed by atoms with Crippen LogP contribution in [-0.2, 0) is 0 Å². The standard InChI is InChI=1S/C20H24F2N4O2/c1-4-10(2)26-15(17-12-7-20(3,27)8-13(12)17)6-14(25-26)11-5-16(28-19(21)22)18(23)24-9-11/h5-7,9-10,13,17,19,27H,4,8H2,1-3H3,(H2,23,24). The number of nitrogens with zero attached hydrogens (tertiary/aromatic N) is 3. The number of aliphatic hydroxyl groups is 1. The number of anilines is 1. The van der Waals surface area contributed by atoms with Gasteiger partial charge in [-0.2, -0.15) is 13.9 Å². The van der Waals surface area contributed by atoms with Crippen LogP contribution < -0.4 is 10.5 Å². The predicted octanol–water partition coefficient (Wildman–Crippen LogP) is 3.89. The second kappa shape index (κ2) is 6.55. The van der Waals surface area contributed by atoms with E-state index in [1.54, 1.807) is 0 Å². The van der Waals surface area contributed by atoms with Crippen LogP contribution in [0.2, 0.25) is 0 Å². The zero-order valence-electron chi connectivity index (χ0n) is 16.1. The van der Waals surface area contributed by atoms with Crippen molar-refractivity contribution in [2.45, 2.75) is 57.8 Å². The summed E-state index contributed by atoms with van der Waals surface area (Å²) in [5.74, 6) is 0.336. The second-order valence-electron chi connectivity index (χ2n) is 7.93. The molecule has 4 unspecified atom stereocenters. The number of nitrogen functional groups attached to an aromatic ring is 1. The van der Waals surface area contributed by atoms with Crippen LogP contribution in [0.4, 0.5) is 14.6 Å². The lowest BCUT2D eigenvalue weighted by molar-refractivity contribution is -0.0494. The lowest BCUT2D eigenvalue weighted by atomic mass is 9.99. The van der Waals surface area contributed by atoms with Gasteiger partial charge in [0.05, 0.1) is 11.3 Å². The van der Waals surface area contributed by atoms with Crippen LogP contribution in [0.15, 0.2) is 30.0 Å². The summed E-state index contributed by atoms with van der Waals surface area (Å²) < 4.78 is 31.7. The van der Waals surface area contributed by atoms with E-state index in [2.05, 4.69) is 23.6 Å². The van der Waals surface area contributed by atoms with Gasteiger partial charge in [0, 0.05) is 29.4 Å². The quantitative estimate of drug-likeness (QED) is 0.731. The highest BCUT2D eigenvalue weighted by Gasteiger charge is 2.54. The Morgan fingerprint density at radius 3 is 2.79 bits per heavy atom. The van der Waals surface area contributed by atoms with Crippen molar-refractivity contribution < 1.29 is 18.6 Å². The van der Waals surface area contributed by atoms with Crippen molar-refractivity contribution in [1.82, 2.24) is 14.8 Å². The van der Waals surface area contributed by atoms with Gasteiger partial charge in [-0.05, 0) is 44.7 Å². The van der Waals surface area contributed by atoms with Crippen LogP contribution >= 0.6 is 0 Å². The van der Waals surface area contributed by atoms with Gasteiger partial charge in [-0.1, -0.05) is 18.6 Å². The van der Waals surface area contributed by atoms with Crippen molar-refractivity contribution in [3.05, 3.63) is 35.7 Å². The number of halogens is 2. The van der Waals surface area contributed by atoms with Crippen LogP contribution in [0.1, 0.15) is 51.3 Å². The molecule has 2 aromatic rings. The van der Waals surface area contributed by atoms with E-state index in [1.165, 1.54) is 17.8 Å². The maximum Gasteiger partial charge on any atom is 0.387 e. The second-order valence-corrected chi connectivity index (χ2v) is 7.93. The molecule has 1 saturated carbocycles. The lowest BCUT2D eigenvalue weighted by Gasteiger charge is -2.18. The summed E-state index contributed by atoms with van der Waals surface area (Å²) in [5, 5.41) is 14.9. The number of hydrogen-bond donors (Lipinski definition) is 2. The Morgan fingerprint density at radius 1 is 1.43 bits per heavy atom. The van der Waals surface area contributed by atoms with Gasteiger partial charge in [0.1, 0.15) is 0 Å². The molecule has 2 aliphatic carbocycles. The molecule has 0 aromatic carbocycles. The smallest absolute Gasteiger partial charge is 0.387 e. The molecule has 8 heteroatoms. The fourth-order valence-corrected chi connectivity index (χ4v) is 4.11. The van der Waals surface area contributed by atoms with Crippen molar-refractivity contribution in [2.75, 3.05) is 5.73 Å². The first-order chi connectivity index (χ1) is 13.2. The Kier molecular flexibility index (Phi) is 4.41. The predicted molar refractivity (Wildman–Crippen MR) is 101 cm³/mol. The third-order valence-electron chi connectivity index (χ3n) is 5.68. The SMILES string of the molecule is CCC(C)n1nc(-c2cnc(N)c(OC(F)F)c2)cc1C1C2=CC(C)(O)CC21. The van der Waals surface area contributed by atoms with Gasteiger partial charge in [-0.25, -0.2) is 4.98 Å². The highest BCUT2D eigenvalue weighted by molar-refractivity contribution is 5.65. The molecule has 2 aliphatic rings. The number of rotatable bonds is 6. The molecule has 1 fully saturated rings. The highest BCUT2D eigenvalue weighted by atomic mass is 19.3. The van der Waals surface area contributed by atoms with E-state index in [0.29, 0.717) is 23.6 Å². The van der Waals surface area contributed by atoms with Crippen molar-refractivity contribution in [3.63, 3.8) is 0 Å². The van der Waals surface area contributed by atoms with Crippen LogP contribution in [0.25, 0.3) is 11.3 Å². The molecule has 150 valence electrons. The monoisotopic (exact) mass is 390 g/mol. The third kappa shape index (κ3) is 3.26. The Balaban J connectivity index is 1.71. The van der Waals surface area contributed by atoms with Crippen LogP contribution in [0, 0.1) is 5.92 Å². The van der Waals surface area contributed by atoms with Gasteiger partial charge in [0.2, 0.25) is 0 Å². The summed E-state index contributed by atoms with van der Waals surface area (Å²) in [4.78, 5) is 3.97. The minimum Gasteiger partial charge on any atom is -0.431 e. The van der Waals surface area contributed by atoms with Gasteiger partial charge >= 0.3 is 6.61 Å². The molecular formula is C20H24F2N4O2. The highest BCUT2D eigenvalue weighted by Crippen LogP contribution is 2.62. The van der Waals surface area contributed by atoms with Crippen LogP contribution in [-0.4, -0.2) is 32.1 Å². The van der Waals surface area contributed by atoms with E-state index in [9.17, 15) is 13.9 Å². The van der Waals surface area contributed by atoms with E-state index in [4.69, 9.17) is 10.8 Å². The molecule has 28 heavy (non-hydrogen) atoms. The Labute approximate surface area is 162 Å². The minimum absolute atomic E-state index is 0.0882. The third-order valence-corrected chi connectivity index (χ3v) is 5.68. The zero-order chi connectivity index (χ0) is 20.2. The summed E-state index contributed by atoms with van der Waals surface area (Å²) in [5.41, 5.74) is 8.44. The van der Waals surface area contributed by atoms with E-state index >= 15 is 0 Å². The fraction of sp³-hybridized carbons (Fsp3) is 0.500. The normalized spacial score (nSPS) is 26.9. The maximum absolute atomic E-state index is 12.6. The van der Waals surface area contributed by atoms with E-state index in [0.717, 1.165) is 12.1 Å². The first-order valence-corrected chi connectivity index (χ1v) is 9.45. The molecule has 4 rings (SSSR count). The number of aromatic nitrogens is 3. The maximum atomic E-state index is 12.6. The topological polar surface area (TPSA) is 86.2 Å². The molecule has 3 N–H and O–H groups in total. The van der Waals surface area contributed by atoms with Crippen molar-refractivity contribution in [3.8, 4) is 17.0 Å². The number of hydrogen-bond acceptors (Lipinski definition) is 5. The fourth-order valence-electron chi connectivity index (χ4n) is 4.11. The molecule has 2 heterocycles. The summed E-state index contributed by atoms with van der Waals surface area (Å²) >= 11 is 0. The number of ether oxygens (including phenoxy) is 1. The van der Waals surface area contributed by atoms with Crippen molar-refractivity contribution in [1.29, 1.82) is 0 Å². The van der Waals surface area contributed by atoms with Gasteiger partial charge in [-0.15, -0.1) is 0 Å². The summed E-state index contributed by atoms with van der Waals surface area (Å²) in [7, 11) is 0. The van der Waals surface area contributed by atoms with E-state index < -0.39 is 12.2 Å². The number of nitrogens with two attached hydrogens (primary N) is 1. The summed E-state index contributed by atoms with van der Waals surface area (Å²) in [6, 6.07) is 3.60. The van der Waals surface area contributed by atoms with E-state index in [-0.39, 0.29) is 23.5 Å². The number of alkyl halides is 2. The van der Waals surface area contributed by atoms with Crippen molar-refractivity contribution >= 4 is 5.82 Å². The van der Waals surface area contributed by atoms with Gasteiger partial charge < -0.3 is 15.6 Å². The lowest BCUT2D eigenvalue weighted by Crippen LogP contribution is -2.20. The minimum atomic E-state index is -2.97. The molecule has 0 aliphatic heterocycles.